The third kappa shape index (κ3) is 3.12. The average Bonchev–Trinajstić information content (AvgIpc) is 2.71. The van der Waals surface area contributed by atoms with Gasteiger partial charge in [0.25, 0.3) is 0 Å². The Morgan fingerprint density at radius 3 is 1.96 bits per heavy atom. The molecule has 0 radical (unpaired) electrons. The summed E-state index contributed by atoms with van der Waals surface area (Å²) in [5, 5.41) is 0.277. The summed E-state index contributed by atoms with van der Waals surface area (Å²) in [4.78, 5) is 12.8. The van der Waals surface area contributed by atoms with Crippen molar-refractivity contribution in [3.05, 3.63) is 40.6 Å². The average molecular weight is 372 g/mol. The van der Waals surface area contributed by atoms with Crippen LogP contribution in [-0.4, -0.2) is 35.5 Å². The van der Waals surface area contributed by atoms with E-state index in [1.54, 1.807) is 31.4 Å². The maximum atomic E-state index is 12.8. The van der Waals surface area contributed by atoms with Crippen LogP contribution < -0.4 is 29.1 Å². The van der Waals surface area contributed by atoms with E-state index in [0.29, 0.717) is 40.1 Å². The second kappa shape index (κ2) is 7.49. The second-order valence-electron chi connectivity index (χ2n) is 5.56. The quantitative estimate of drug-likeness (QED) is 0.655. The van der Waals surface area contributed by atoms with E-state index in [4.69, 9.17) is 28.1 Å². The van der Waals surface area contributed by atoms with E-state index in [2.05, 4.69) is 0 Å². The van der Waals surface area contributed by atoms with E-state index < -0.39 is 0 Å². The zero-order chi connectivity index (χ0) is 19.6. The Labute approximate surface area is 156 Å². The van der Waals surface area contributed by atoms with E-state index in [-0.39, 0.29) is 16.4 Å². The molecule has 3 rings (SSSR count). The van der Waals surface area contributed by atoms with Crippen molar-refractivity contribution in [3.8, 4) is 40.1 Å². The second-order valence-corrected chi connectivity index (χ2v) is 5.56. The molecule has 142 valence electrons. The van der Waals surface area contributed by atoms with Crippen LogP contribution in [0.5, 0.6) is 28.7 Å². The van der Waals surface area contributed by atoms with E-state index >= 15 is 0 Å². The summed E-state index contributed by atoms with van der Waals surface area (Å²) in [7, 11) is 7.54. The summed E-state index contributed by atoms with van der Waals surface area (Å²) in [5.74, 6) is 2.50. The molecule has 0 amide bonds. The Hall–Kier alpha value is -3.35. The molecule has 0 N–H and O–H groups in total. The zero-order valence-corrected chi connectivity index (χ0v) is 15.7. The monoisotopic (exact) mass is 372 g/mol. The molecule has 0 aliphatic heterocycles. The number of benzene rings is 2. The molecule has 7 nitrogen and oxygen atoms in total. The molecule has 2 aromatic carbocycles. The largest absolute Gasteiger partial charge is 0.496 e. The lowest BCUT2D eigenvalue weighted by Crippen LogP contribution is -2.05. The van der Waals surface area contributed by atoms with E-state index in [1.165, 1.54) is 34.5 Å². The summed E-state index contributed by atoms with van der Waals surface area (Å²) in [6.45, 7) is 0. The number of fused-ring (bicyclic) bond motifs is 1. The SMILES string of the molecule is COc1ccc(-c2cc(=O)c3c(OC)cc(OC)c(OC)c3o2)cc1OC. The third-order valence-corrected chi connectivity index (χ3v) is 4.20. The lowest BCUT2D eigenvalue weighted by atomic mass is 10.1. The maximum absolute atomic E-state index is 12.8. The number of rotatable bonds is 6. The van der Waals surface area contributed by atoms with Gasteiger partial charge in [-0.3, -0.25) is 4.79 Å². The molecule has 0 saturated heterocycles. The summed E-state index contributed by atoms with van der Waals surface area (Å²) in [6.07, 6.45) is 0. The fraction of sp³-hybridized carbons (Fsp3) is 0.250. The van der Waals surface area contributed by atoms with Crippen molar-refractivity contribution in [2.45, 2.75) is 0 Å². The van der Waals surface area contributed by atoms with Gasteiger partial charge in [0, 0.05) is 17.7 Å². The Morgan fingerprint density at radius 2 is 1.37 bits per heavy atom. The normalized spacial score (nSPS) is 10.6. The van der Waals surface area contributed by atoms with Crippen LogP contribution >= 0.6 is 0 Å². The van der Waals surface area contributed by atoms with Crippen molar-refractivity contribution in [2.24, 2.45) is 0 Å². The van der Waals surface area contributed by atoms with Gasteiger partial charge < -0.3 is 28.1 Å². The number of ether oxygens (including phenoxy) is 5. The highest BCUT2D eigenvalue weighted by atomic mass is 16.5. The standard InChI is InChI=1S/C20H20O7/c1-22-13-7-6-11(8-15(13)23-2)14-9-12(21)18-16(24-3)10-17(25-4)19(26-5)20(18)27-14/h6-10H,1-5H3. The lowest BCUT2D eigenvalue weighted by molar-refractivity contribution is 0.348. The highest BCUT2D eigenvalue weighted by molar-refractivity contribution is 5.92. The summed E-state index contributed by atoms with van der Waals surface area (Å²) in [6, 6.07) is 8.23. The summed E-state index contributed by atoms with van der Waals surface area (Å²) >= 11 is 0. The number of methoxy groups -OCH3 is 5. The lowest BCUT2D eigenvalue weighted by Gasteiger charge is -2.14. The van der Waals surface area contributed by atoms with E-state index in [9.17, 15) is 4.79 Å². The third-order valence-electron chi connectivity index (χ3n) is 4.20. The van der Waals surface area contributed by atoms with Gasteiger partial charge in [0.1, 0.15) is 16.9 Å². The predicted molar refractivity (Wildman–Crippen MR) is 101 cm³/mol. The molecule has 0 spiro atoms. The van der Waals surface area contributed by atoms with Crippen LogP contribution in [0.3, 0.4) is 0 Å². The zero-order valence-electron chi connectivity index (χ0n) is 15.7. The molecular weight excluding hydrogens is 352 g/mol. The highest BCUT2D eigenvalue weighted by Gasteiger charge is 2.21. The Bertz CT molecular complexity index is 1040. The van der Waals surface area contributed by atoms with Gasteiger partial charge in [0.05, 0.1) is 35.5 Å². The highest BCUT2D eigenvalue weighted by Crippen LogP contribution is 2.41. The van der Waals surface area contributed by atoms with Crippen molar-refractivity contribution < 1.29 is 28.1 Å². The fourth-order valence-corrected chi connectivity index (χ4v) is 2.89. The Balaban J connectivity index is 2.32. The summed E-state index contributed by atoms with van der Waals surface area (Å²) < 4.78 is 32.7. The van der Waals surface area contributed by atoms with Crippen LogP contribution in [0.15, 0.2) is 39.5 Å². The van der Waals surface area contributed by atoms with Crippen molar-refractivity contribution in [1.82, 2.24) is 0 Å². The van der Waals surface area contributed by atoms with Gasteiger partial charge in [0.15, 0.2) is 28.3 Å². The van der Waals surface area contributed by atoms with Gasteiger partial charge >= 0.3 is 0 Å². The van der Waals surface area contributed by atoms with Crippen molar-refractivity contribution in [3.63, 3.8) is 0 Å². The van der Waals surface area contributed by atoms with E-state index in [1.807, 2.05) is 0 Å². The summed E-state index contributed by atoms with van der Waals surface area (Å²) in [5.41, 5.74) is 0.625. The van der Waals surface area contributed by atoms with Gasteiger partial charge in [-0.15, -0.1) is 0 Å². The van der Waals surface area contributed by atoms with Crippen LogP contribution in [0.4, 0.5) is 0 Å². The van der Waals surface area contributed by atoms with Gasteiger partial charge in [-0.25, -0.2) is 0 Å². The van der Waals surface area contributed by atoms with Crippen molar-refractivity contribution >= 4 is 11.0 Å². The molecule has 0 unspecified atom stereocenters. The molecule has 0 fully saturated rings. The molecular formula is C20H20O7. The van der Waals surface area contributed by atoms with E-state index in [0.717, 1.165) is 0 Å². The molecule has 7 heteroatoms. The molecule has 1 heterocycles. The molecule has 27 heavy (non-hydrogen) atoms. The maximum Gasteiger partial charge on any atom is 0.205 e. The van der Waals surface area contributed by atoms with Crippen LogP contribution in [0.1, 0.15) is 0 Å². The smallest absolute Gasteiger partial charge is 0.205 e. The van der Waals surface area contributed by atoms with Crippen LogP contribution in [0, 0.1) is 0 Å². The first kappa shape index (κ1) is 18.4. The number of hydrogen-bond acceptors (Lipinski definition) is 7. The van der Waals surface area contributed by atoms with Gasteiger partial charge in [0.2, 0.25) is 5.75 Å². The minimum absolute atomic E-state index is 0.242. The molecule has 0 saturated carbocycles. The Kier molecular flexibility index (Phi) is 5.12. The molecule has 0 aliphatic carbocycles. The molecule has 0 atom stereocenters. The predicted octanol–water partition coefficient (Wildman–Crippen LogP) is 3.50. The first-order valence-corrected chi connectivity index (χ1v) is 8.07. The van der Waals surface area contributed by atoms with Gasteiger partial charge in [-0.2, -0.15) is 0 Å². The molecule has 0 bridgehead atoms. The van der Waals surface area contributed by atoms with Gasteiger partial charge in [-0.05, 0) is 18.2 Å². The van der Waals surface area contributed by atoms with Crippen LogP contribution in [0.2, 0.25) is 0 Å². The first-order chi connectivity index (χ1) is 13.1. The number of hydrogen-bond donors (Lipinski definition) is 0. The topological polar surface area (TPSA) is 76.4 Å². The minimum atomic E-state index is -0.265. The van der Waals surface area contributed by atoms with Crippen LogP contribution in [0.25, 0.3) is 22.3 Å². The molecule has 3 aromatic rings. The Morgan fingerprint density at radius 1 is 0.704 bits per heavy atom. The molecule has 1 aromatic heterocycles. The van der Waals surface area contributed by atoms with Crippen LogP contribution in [-0.2, 0) is 0 Å². The van der Waals surface area contributed by atoms with Gasteiger partial charge in [-0.1, -0.05) is 0 Å². The molecule has 0 aliphatic rings. The minimum Gasteiger partial charge on any atom is -0.496 e. The van der Waals surface area contributed by atoms with Crippen molar-refractivity contribution in [2.75, 3.05) is 35.5 Å². The van der Waals surface area contributed by atoms with Crippen molar-refractivity contribution in [1.29, 1.82) is 0 Å². The first-order valence-electron chi connectivity index (χ1n) is 8.07. The fourth-order valence-electron chi connectivity index (χ4n) is 2.89.